The van der Waals surface area contributed by atoms with Crippen molar-refractivity contribution in [3.63, 3.8) is 0 Å². The molecule has 1 fully saturated rings. The summed E-state index contributed by atoms with van der Waals surface area (Å²) in [5, 5.41) is 0. The lowest BCUT2D eigenvalue weighted by molar-refractivity contribution is -0.132. The molecule has 4 rings (SSSR count). The van der Waals surface area contributed by atoms with Crippen LogP contribution in [0.3, 0.4) is 0 Å². The van der Waals surface area contributed by atoms with E-state index in [4.69, 9.17) is 4.42 Å². The van der Waals surface area contributed by atoms with Gasteiger partial charge in [0.2, 0.25) is 5.91 Å². The van der Waals surface area contributed by atoms with Crippen LogP contribution in [0, 0.1) is 0 Å². The first-order chi connectivity index (χ1) is 15.1. The molecule has 0 saturated carbocycles. The van der Waals surface area contributed by atoms with Crippen molar-refractivity contribution in [2.24, 2.45) is 0 Å². The normalized spacial score (nSPS) is 13.8. The van der Waals surface area contributed by atoms with Crippen LogP contribution in [0.1, 0.15) is 33.8 Å². The standard InChI is InChI=1S/C25H24N2O4/c28-22(21-10-8-20(9-11-21)19-5-2-1-3-6-19)12-13-24(29)26-14-16-27(17-15-26)25(30)23-7-4-18-31-23/h1-11,18H,12-17H2. The summed E-state index contributed by atoms with van der Waals surface area (Å²) in [5.41, 5.74) is 2.76. The topological polar surface area (TPSA) is 70.8 Å². The predicted octanol–water partition coefficient (Wildman–Crippen LogP) is 3.89. The molecule has 0 N–H and O–H groups in total. The Morgan fingerprint density at radius 2 is 1.35 bits per heavy atom. The second-order valence-corrected chi connectivity index (χ2v) is 7.52. The third kappa shape index (κ3) is 4.91. The molecule has 6 nitrogen and oxygen atoms in total. The maximum absolute atomic E-state index is 12.5. The number of ketones is 1. The highest BCUT2D eigenvalue weighted by molar-refractivity contribution is 5.98. The lowest BCUT2D eigenvalue weighted by atomic mass is 10.0. The van der Waals surface area contributed by atoms with Crippen LogP contribution in [0.4, 0.5) is 0 Å². The van der Waals surface area contributed by atoms with Crippen LogP contribution in [0.25, 0.3) is 11.1 Å². The highest BCUT2D eigenvalue weighted by Gasteiger charge is 2.26. The fourth-order valence-corrected chi connectivity index (χ4v) is 3.72. The van der Waals surface area contributed by atoms with Crippen molar-refractivity contribution >= 4 is 17.6 Å². The maximum atomic E-state index is 12.5. The zero-order valence-electron chi connectivity index (χ0n) is 17.2. The van der Waals surface area contributed by atoms with Gasteiger partial charge >= 0.3 is 0 Å². The Kier molecular flexibility index (Phi) is 6.26. The molecule has 158 valence electrons. The van der Waals surface area contributed by atoms with E-state index in [1.165, 1.54) is 6.26 Å². The van der Waals surface area contributed by atoms with Gasteiger partial charge in [0.25, 0.3) is 5.91 Å². The van der Waals surface area contributed by atoms with Crippen LogP contribution < -0.4 is 0 Å². The molecule has 1 aliphatic rings. The fraction of sp³-hybridized carbons (Fsp3) is 0.240. The Labute approximate surface area is 181 Å². The summed E-state index contributed by atoms with van der Waals surface area (Å²) in [6.45, 7) is 1.84. The van der Waals surface area contributed by atoms with Crippen molar-refractivity contribution in [1.82, 2.24) is 9.80 Å². The van der Waals surface area contributed by atoms with Crippen molar-refractivity contribution < 1.29 is 18.8 Å². The van der Waals surface area contributed by atoms with Crippen LogP contribution in [-0.2, 0) is 4.79 Å². The van der Waals surface area contributed by atoms with Crippen LogP contribution in [0.15, 0.2) is 77.4 Å². The zero-order valence-corrected chi connectivity index (χ0v) is 17.2. The maximum Gasteiger partial charge on any atom is 0.289 e. The lowest BCUT2D eigenvalue weighted by Crippen LogP contribution is -2.50. The third-order valence-electron chi connectivity index (χ3n) is 5.53. The molecule has 1 aliphatic heterocycles. The van der Waals surface area contributed by atoms with Gasteiger partial charge in [0.1, 0.15) is 0 Å². The second kappa shape index (κ2) is 9.43. The molecule has 0 radical (unpaired) electrons. The molecule has 1 aromatic heterocycles. The predicted molar refractivity (Wildman–Crippen MR) is 117 cm³/mol. The van der Waals surface area contributed by atoms with Crippen LogP contribution in [0.2, 0.25) is 0 Å². The molecule has 0 bridgehead atoms. The van der Waals surface area contributed by atoms with Gasteiger partial charge in [-0.1, -0.05) is 54.6 Å². The Bertz CT molecular complexity index is 1030. The molecule has 31 heavy (non-hydrogen) atoms. The number of carbonyl (C=O) groups is 3. The highest BCUT2D eigenvalue weighted by atomic mass is 16.3. The largest absolute Gasteiger partial charge is 0.459 e. The fourth-order valence-electron chi connectivity index (χ4n) is 3.72. The molecular weight excluding hydrogens is 392 g/mol. The van der Waals surface area contributed by atoms with Gasteiger partial charge < -0.3 is 14.2 Å². The van der Waals surface area contributed by atoms with Crippen LogP contribution >= 0.6 is 0 Å². The summed E-state index contributed by atoms with van der Waals surface area (Å²) in [7, 11) is 0. The van der Waals surface area contributed by atoms with Gasteiger partial charge in [0.05, 0.1) is 6.26 Å². The number of rotatable bonds is 6. The Hall–Kier alpha value is -3.67. The number of furan rings is 1. The van der Waals surface area contributed by atoms with E-state index in [1.54, 1.807) is 21.9 Å². The molecule has 0 atom stereocenters. The molecule has 3 aromatic rings. The van der Waals surface area contributed by atoms with Crippen LogP contribution in [0.5, 0.6) is 0 Å². The van der Waals surface area contributed by atoms with Crippen molar-refractivity contribution in [1.29, 1.82) is 0 Å². The quantitative estimate of drug-likeness (QED) is 0.572. The number of carbonyl (C=O) groups excluding carboxylic acids is 3. The molecular formula is C25H24N2O4. The number of Topliss-reactive ketones (excluding diaryl/α,β-unsaturated/α-hetero) is 1. The van der Waals surface area contributed by atoms with E-state index < -0.39 is 0 Å². The van der Waals surface area contributed by atoms with E-state index >= 15 is 0 Å². The molecule has 6 heteroatoms. The second-order valence-electron chi connectivity index (χ2n) is 7.52. The average Bonchev–Trinajstić information content (AvgIpc) is 3.38. The summed E-state index contributed by atoms with van der Waals surface area (Å²) in [5.74, 6) is 0.0498. The summed E-state index contributed by atoms with van der Waals surface area (Å²) in [6.07, 6.45) is 1.82. The number of piperazine rings is 1. The Morgan fingerprint density at radius 1 is 0.710 bits per heavy atom. The van der Waals surface area contributed by atoms with Crippen molar-refractivity contribution in [3.8, 4) is 11.1 Å². The number of benzene rings is 2. The molecule has 0 spiro atoms. The van der Waals surface area contributed by atoms with Gasteiger partial charge in [-0.3, -0.25) is 14.4 Å². The van der Waals surface area contributed by atoms with Gasteiger partial charge in [-0.05, 0) is 23.3 Å². The number of hydrogen-bond acceptors (Lipinski definition) is 4. The summed E-state index contributed by atoms with van der Waals surface area (Å²) in [6, 6.07) is 20.8. The van der Waals surface area contributed by atoms with E-state index in [2.05, 4.69) is 0 Å². The van der Waals surface area contributed by atoms with E-state index in [0.29, 0.717) is 37.5 Å². The van der Waals surface area contributed by atoms with Crippen molar-refractivity contribution in [2.75, 3.05) is 26.2 Å². The van der Waals surface area contributed by atoms with E-state index in [-0.39, 0.29) is 30.4 Å². The van der Waals surface area contributed by atoms with Gasteiger partial charge in [-0.2, -0.15) is 0 Å². The van der Waals surface area contributed by atoms with Gasteiger partial charge in [0, 0.05) is 44.6 Å². The molecule has 2 heterocycles. The molecule has 2 amide bonds. The minimum absolute atomic E-state index is 0.0420. The summed E-state index contributed by atoms with van der Waals surface area (Å²) >= 11 is 0. The molecule has 2 aromatic carbocycles. The number of amides is 2. The SMILES string of the molecule is O=C(CCC(=O)N1CCN(C(=O)c2ccco2)CC1)c1ccc(-c2ccccc2)cc1. The molecule has 0 aliphatic carbocycles. The van der Waals surface area contributed by atoms with Gasteiger partial charge in [-0.25, -0.2) is 0 Å². The van der Waals surface area contributed by atoms with Gasteiger partial charge in [0.15, 0.2) is 11.5 Å². The first-order valence-corrected chi connectivity index (χ1v) is 10.4. The van der Waals surface area contributed by atoms with Crippen LogP contribution in [-0.4, -0.2) is 53.6 Å². The third-order valence-corrected chi connectivity index (χ3v) is 5.53. The number of nitrogens with zero attached hydrogens (tertiary/aromatic N) is 2. The van der Waals surface area contributed by atoms with E-state index in [1.807, 2.05) is 54.6 Å². The van der Waals surface area contributed by atoms with E-state index in [9.17, 15) is 14.4 Å². The summed E-state index contributed by atoms with van der Waals surface area (Å²) in [4.78, 5) is 40.8. The Morgan fingerprint density at radius 3 is 2.00 bits per heavy atom. The highest BCUT2D eigenvalue weighted by Crippen LogP contribution is 2.20. The monoisotopic (exact) mass is 416 g/mol. The minimum atomic E-state index is -0.161. The number of hydrogen-bond donors (Lipinski definition) is 0. The first-order valence-electron chi connectivity index (χ1n) is 10.4. The summed E-state index contributed by atoms with van der Waals surface area (Å²) < 4.78 is 5.15. The van der Waals surface area contributed by atoms with Crippen molar-refractivity contribution in [2.45, 2.75) is 12.8 Å². The van der Waals surface area contributed by atoms with E-state index in [0.717, 1.165) is 11.1 Å². The van der Waals surface area contributed by atoms with Gasteiger partial charge in [-0.15, -0.1) is 0 Å². The Balaban J connectivity index is 1.25. The molecule has 0 unspecified atom stereocenters. The minimum Gasteiger partial charge on any atom is -0.459 e. The smallest absolute Gasteiger partial charge is 0.289 e. The lowest BCUT2D eigenvalue weighted by Gasteiger charge is -2.34. The average molecular weight is 416 g/mol. The first kappa shape index (κ1) is 20.6. The zero-order chi connectivity index (χ0) is 21.6. The molecule has 1 saturated heterocycles. The van der Waals surface area contributed by atoms with Crippen molar-refractivity contribution in [3.05, 3.63) is 84.3 Å².